The number of nitrogens with zero attached hydrogens (tertiary/aromatic N) is 3. The number of rotatable bonds is 9. The molecule has 3 aromatic carbocycles. The van der Waals surface area contributed by atoms with Gasteiger partial charge in [-0.1, -0.05) is 24.3 Å². The molecule has 184 valence electrons. The second-order valence-electron chi connectivity index (χ2n) is 8.88. The van der Waals surface area contributed by atoms with E-state index in [2.05, 4.69) is 5.10 Å². The average molecular weight is 486 g/mol. The number of halogens is 1. The van der Waals surface area contributed by atoms with Gasteiger partial charge in [-0.25, -0.2) is 9.07 Å². The van der Waals surface area contributed by atoms with Crippen molar-refractivity contribution >= 4 is 5.91 Å². The number of benzene rings is 3. The van der Waals surface area contributed by atoms with Gasteiger partial charge in [-0.2, -0.15) is 5.10 Å². The summed E-state index contributed by atoms with van der Waals surface area (Å²) in [6.45, 7) is 2.03. The Kier molecular flexibility index (Phi) is 7.38. The molecule has 1 unspecified atom stereocenters. The first-order valence-electron chi connectivity index (χ1n) is 12.1. The first-order chi connectivity index (χ1) is 17.6. The number of carbonyl (C=O) groups is 1. The minimum atomic E-state index is -0.279. The zero-order valence-electron chi connectivity index (χ0n) is 19.9. The molecule has 0 bridgehead atoms. The second kappa shape index (κ2) is 11.2. The van der Waals surface area contributed by atoms with Crippen LogP contribution >= 0.6 is 0 Å². The van der Waals surface area contributed by atoms with Crippen molar-refractivity contribution in [2.45, 2.75) is 32.1 Å². The Morgan fingerprint density at radius 1 is 1.06 bits per heavy atom. The fourth-order valence-corrected chi connectivity index (χ4v) is 4.32. The highest BCUT2D eigenvalue weighted by atomic mass is 19.1. The van der Waals surface area contributed by atoms with Crippen molar-refractivity contribution in [3.8, 4) is 11.4 Å². The third-order valence-corrected chi connectivity index (χ3v) is 6.21. The lowest BCUT2D eigenvalue weighted by Gasteiger charge is -2.26. The first kappa shape index (κ1) is 23.8. The van der Waals surface area contributed by atoms with E-state index in [0.29, 0.717) is 24.4 Å². The van der Waals surface area contributed by atoms with E-state index in [-0.39, 0.29) is 24.4 Å². The van der Waals surface area contributed by atoms with Gasteiger partial charge < -0.3 is 14.4 Å². The smallest absolute Gasteiger partial charge is 0.254 e. The summed E-state index contributed by atoms with van der Waals surface area (Å²) in [4.78, 5) is 15.3. The average Bonchev–Trinajstić information content (AvgIpc) is 3.63. The summed E-state index contributed by atoms with van der Waals surface area (Å²) in [7, 11) is 0. The van der Waals surface area contributed by atoms with Crippen molar-refractivity contribution in [3.63, 3.8) is 0 Å². The van der Waals surface area contributed by atoms with Gasteiger partial charge in [0.25, 0.3) is 5.91 Å². The summed E-state index contributed by atoms with van der Waals surface area (Å²) in [6.07, 6.45) is 5.61. The van der Waals surface area contributed by atoms with Gasteiger partial charge in [0.15, 0.2) is 0 Å². The van der Waals surface area contributed by atoms with Crippen LogP contribution in [-0.2, 0) is 17.9 Å². The van der Waals surface area contributed by atoms with Crippen LogP contribution in [0.5, 0.6) is 5.75 Å². The van der Waals surface area contributed by atoms with Crippen molar-refractivity contribution in [1.82, 2.24) is 14.7 Å². The van der Waals surface area contributed by atoms with Crippen LogP contribution in [0, 0.1) is 5.82 Å². The van der Waals surface area contributed by atoms with Gasteiger partial charge in [-0.3, -0.25) is 4.79 Å². The first-order valence-corrected chi connectivity index (χ1v) is 12.1. The van der Waals surface area contributed by atoms with Crippen LogP contribution in [0.15, 0.2) is 91.3 Å². The molecule has 1 saturated heterocycles. The summed E-state index contributed by atoms with van der Waals surface area (Å²) in [5.74, 6) is 0.372. The topological polar surface area (TPSA) is 56.6 Å². The lowest BCUT2D eigenvalue weighted by Crippen LogP contribution is -2.37. The van der Waals surface area contributed by atoms with Crippen molar-refractivity contribution in [2.75, 3.05) is 13.2 Å². The van der Waals surface area contributed by atoms with Crippen molar-refractivity contribution < 1.29 is 18.7 Å². The van der Waals surface area contributed by atoms with Crippen molar-refractivity contribution in [1.29, 1.82) is 0 Å². The van der Waals surface area contributed by atoms with E-state index in [1.807, 2.05) is 71.8 Å². The molecule has 6 nitrogen and oxygen atoms in total. The summed E-state index contributed by atoms with van der Waals surface area (Å²) in [5.41, 5.74) is 3.29. The summed E-state index contributed by atoms with van der Waals surface area (Å²) in [5, 5.41) is 4.24. The molecule has 36 heavy (non-hydrogen) atoms. The van der Waals surface area contributed by atoms with Crippen LogP contribution in [-0.4, -0.2) is 39.8 Å². The van der Waals surface area contributed by atoms with Crippen LogP contribution in [0.25, 0.3) is 5.69 Å². The molecule has 0 radical (unpaired) electrons. The Morgan fingerprint density at radius 2 is 1.89 bits per heavy atom. The fourth-order valence-electron chi connectivity index (χ4n) is 4.32. The monoisotopic (exact) mass is 485 g/mol. The Labute approximate surface area is 209 Å². The van der Waals surface area contributed by atoms with Crippen molar-refractivity contribution in [2.24, 2.45) is 0 Å². The lowest BCUT2D eigenvalue weighted by atomic mass is 10.1. The van der Waals surface area contributed by atoms with Crippen LogP contribution < -0.4 is 4.74 Å². The number of carbonyl (C=O) groups excluding carboxylic acids is 1. The summed E-state index contributed by atoms with van der Waals surface area (Å²) >= 11 is 0. The zero-order chi connectivity index (χ0) is 24.7. The highest BCUT2D eigenvalue weighted by Crippen LogP contribution is 2.20. The Morgan fingerprint density at radius 3 is 2.58 bits per heavy atom. The van der Waals surface area contributed by atoms with E-state index in [1.165, 1.54) is 12.1 Å². The van der Waals surface area contributed by atoms with Gasteiger partial charge >= 0.3 is 0 Å². The van der Waals surface area contributed by atoms with Gasteiger partial charge in [0.2, 0.25) is 0 Å². The SMILES string of the molecule is O=C(c1ccc(-n2cccn2)cc1)N(Cc1ccc(OCc2cccc(F)c2)cc1)CC1CCCO1. The minimum absolute atomic E-state index is 0.0380. The fraction of sp³-hybridized carbons (Fsp3) is 0.241. The summed E-state index contributed by atoms with van der Waals surface area (Å²) < 4.78 is 26.8. The van der Waals surface area contributed by atoms with Crippen molar-refractivity contribution in [3.05, 3.63) is 114 Å². The number of hydrogen-bond acceptors (Lipinski definition) is 4. The molecule has 4 aromatic rings. The molecule has 0 aliphatic carbocycles. The van der Waals surface area contributed by atoms with Gasteiger partial charge in [-0.15, -0.1) is 0 Å². The second-order valence-corrected chi connectivity index (χ2v) is 8.88. The van der Waals surface area contributed by atoms with E-state index in [9.17, 15) is 9.18 Å². The molecule has 0 saturated carbocycles. The van der Waals surface area contributed by atoms with E-state index in [1.54, 1.807) is 16.9 Å². The molecule has 1 fully saturated rings. The van der Waals surface area contributed by atoms with Gasteiger partial charge in [0.1, 0.15) is 18.2 Å². The van der Waals surface area contributed by atoms with Crippen LogP contribution in [0.3, 0.4) is 0 Å². The Bertz CT molecular complexity index is 1270. The third kappa shape index (κ3) is 5.98. The molecular weight excluding hydrogens is 457 g/mol. The number of amides is 1. The third-order valence-electron chi connectivity index (χ3n) is 6.21. The molecule has 1 atom stereocenters. The molecule has 0 spiro atoms. The molecule has 1 aliphatic rings. The quantitative estimate of drug-likeness (QED) is 0.318. The standard InChI is InChI=1S/C29H28FN3O3/c30-25-5-1-4-23(18-25)21-36-27-13-7-22(8-14-27)19-32(20-28-6-2-17-35-28)29(34)24-9-11-26(12-10-24)33-16-3-15-31-33/h1,3-5,7-16,18,28H,2,6,17,19-21H2. The molecule has 7 heteroatoms. The van der Waals surface area contributed by atoms with Gasteiger partial charge in [-0.05, 0) is 78.6 Å². The maximum Gasteiger partial charge on any atom is 0.254 e. The predicted octanol–water partition coefficient (Wildman–Crippen LogP) is 5.41. The lowest BCUT2D eigenvalue weighted by molar-refractivity contribution is 0.0507. The normalized spacial score (nSPS) is 15.1. The molecule has 2 heterocycles. The number of aromatic nitrogens is 2. The molecule has 1 amide bonds. The highest BCUT2D eigenvalue weighted by Gasteiger charge is 2.24. The van der Waals surface area contributed by atoms with Gasteiger partial charge in [0.05, 0.1) is 11.8 Å². The predicted molar refractivity (Wildman–Crippen MR) is 134 cm³/mol. The Hall–Kier alpha value is -3.97. The van der Waals surface area contributed by atoms with E-state index >= 15 is 0 Å². The molecule has 1 aliphatic heterocycles. The minimum Gasteiger partial charge on any atom is -0.489 e. The maximum absolute atomic E-state index is 13.5. The zero-order valence-corrected chi connectivity index (χ0v) is 19.9. The van der Waals surface area contributed by atoms with E-state index in [4.69, 9.17) is 9.47 Å². The molecule has 0 N–H and O–H groups in total. The van der Waals surface area contributed by atoms with E-state index < -0.39 is 0 Å². The molecular formula is C29H28FN3O3. The molecule has 1 aromatic heterocycles. The maximum atomic E-state index is 13.5. The van der Waals surface area contributed by atoms with Crippen LogP contribution in [0.1, 0.15) is 34.3 Å². The summed E-state index contributed by atoms with van der Waals surface area (Å²) in [6, 6.07) is 23.4. The highest BCUT2D eigenvalue weighted by molar-refractivity contribution is 5.94. The Balaban J connectivity index is 1.26. The number of hydrogen-bond donors (Lipinski definition) is 0. The largest absolute Gasteiger partial charge is 0.489 e. The number of ether oxygens (including phenoxy) is 2. The molecule has 5 rings (SSSR count). The van der Waals surface area contributed by atoms with E-state index in [0.717, 1.165) is 36.3 Å². The van der Waals surface area contributed by atoms with Crippen LogP contribution in [0.4, 0.5) is 4.39 Å². The van der Waals surface area contributed by atoms with Gasteiger partial charge in [0, 0.05) is 37.7 Å². The van der Waals surface area contributed by atoms with Crippen LogP contribution in [0.2, 0.25) is 0 Å².